The molecule has 2 rings (SSSR count). The molecule has 0 spiro atoms. The summed E-state index contributed by atoms with van der Waals surface area (Å²) in [5.74, 6) is -0.500. The lowest BCUT2D eigenvalue weighted by molar-refractivity contribution is -0.151. The second-order valence-electron chi connectivity index (χ2n) is 4.90. The monoisotopic (exact) mass is 251 g/mol. The van der Waals surface area contributed by atoms with Crippen LogP contribution >= 0.6 is 0 Å². The molecule has 1 aliphatic rings. The molecule has 0 saturated carbocycles. The van der Waals surface area contributed by atoms with Crippen LogP contribution in [0.5, 0.6) is 0 Å². The van der Waals surface area contributed by atoms with Crippen LogP contribution in [0.4, 0.5) is 10.1 Å². The Bertz CT molecular complexity index is 434. The van der Waals surface area contributed by atoms with E-state index in [9.17, 15) is 9.18 Å². The average Bonchev–Trinajstić information content (AvgIpc) is 2.77. The number of ether oxygens (including phenoxy) is 1. The number of esters is 1. The highest BCUT2D eigenvalue weighted by atomic mass is 19.1. The van der Waals surface area contributed by atoms with Gasteiger partial charge in [-0.3, -0.25) is 4.79 Å². The fourth-order valence-corrected chi connectivity index (χ4v) is 2.19. The van der Waals surface area contributed by atoms with E-state index in [0.717, 1.165) is 18.7 Å². The number of hydrogen-bond donors (Lipinski definition) is 0. The first-order valence-electron chi connectivity index (χ1n) is 6.27. The Labute approximate surface area is 107 Å². The van der Waals surface area contributed by atoms with Crippen molar-refractivity contribution in [1.82, 2.24) is 0 Å². The van der Waals surface area contributed by atoms with Gasteiger partial charge in [-0.1, -0.05) is 6.07 Å². The summed E-state index contributed by atoms with van der Waals surface area (Å²) in [5.41, 5.74) is 0.829. The summed E-state index contributed by atoms with van der Waals surface area (Å²) >= 11 is 0. The fourth-order valence-electron chi connectivity index (χ4n) is 2.19. The zero-order valence-electron chi connectivity index (χ0n) is 10.7. The molecule has 4 heteroatoms. The normalized spacial score (nSPS) is 19.3. The molecule has 1 aromatic rings. The highest BCUT2D eigenvalue weighted by molar-refractivity contribution is 5.74. The van der Waals surface area contributed by atoms with Crippen LogP contribution in [0, 0.1) is 11.7 Å². The lowest BCUT2D eigenvalue weighted by atomic mass is 10.1. The molecule has 0 radical (unpaired) electrons. The van der Waals surface area contributed by atoms with Gasteiger partial charge >= 0.3 is 5.97 Å². The topological polar surface area (TPSA) is 29.5 Å². The minimum absolute atomic E-state index is 0.0827. The van der Waals surface area contributed by atoms with Gasteiger partial charge in [0.1, 0.15) is 5.82 Å². The lowest BCUT2D eigenvalue weighted by Gasteiger charge is -2.18. The molecule has 0 amide bonds. The van der Waals surface area contributed by atoms with Gasteiger partial charge in [0.05, 0.1) is 12.0 Å². The molecule has 0 N–H and O–H groups in total. The molecule has 0 aliphatic carbocycles. The van der Waals surface area contributed by atoms with Crippen LogP contribution in [0.3, 0.4) is 0 Å². The Kier molecular flexibility index (Phi) is 3.84. The Hall–Kier alpha value is -1.58. The van der Waals surface area contributed by atoms with Crippen molar-refractivity contribution in [3.8, 4) is 0 Å². The Balaban J connectivity index is 1.98. The minimum Gasteiger partial charge on any atom is -0.463 e. The van der Waals surface area contributed by atoms with Gasteiger partial charge in [0.25, 0.3) is 0 Å². The van der Waals surface area contributed by atoms with Crippen molar-refractivity contribution in [3.05, 3.63) is 30.1 Å². The Morgan fingerprint density at radius 3 is 2.94 bits per heavy atom. The standard InChI is InChI=1S/C14H18FNO2/c1-10(2)18-14(17)11-6-7-16(9-11)13-5-3-4-12(15)8-13/h3-5,8,10-11H,6-7,9H2,1-2H3. The molecule has 1 aliphatic heterocycles. The molecule has 1 aromatic carbocycles. The van der Waals surface area contributed by atoms with E-state index in [1.807, 2.05) is 24.8 Å². The first-order valence-corrected chi connectivity index (χ1v) is 6.27. The van der Waals surface area contributed by atoms with Crippen molar-refractivity contribution in [1.29, 1.82) is 0 Å². The van der Waals surface area contributed by atoms with Gasteiger partial charge in [0, 0.05) is 18.8 Å². The molecule has 1 fully saturated rings. The van der Waals surface area contributed by atoms with Crippen molar-refractivity contribution >= 4 is 11.7 Å². The molecule has 1 unspecified atom stereocenters. The third-order valence-corrected chi connectivity index (χ3v) is 3.05. The Morgan fingerprint density at radius 1 is 1.50 bits per heavy atom. The summed E-state index contributed by atoms with van der Waals surface area (Å²) in [6.45, 7) is 5.06. The largest absolute Gasteiger partial charge is 0.463 e. The van der Waals surface area contributed by atoms with E-state index in [0.29, 0.717) is 6.54 Å². The van der Waals surface area contributed by atoms with E-state index in [2.05, 4.69) is 0 Å². The van der Waals surface area contributed by atoms with Gasteiger partial charge in [-0.15, -0.1) is 0 Å². The first kappa shape index (κ1) is 12.9. The Morgan fingerprint density at radius 2 is 2.28 bits per heavy atom. The number of halogens is 1. The van der Waals surface area contributed by atoms with Crippen molar-refractivity contribution in [2.75, 3.05) is 18.0 Å². The fraction of sp³-hybridized carbons (Fsp3) is 0.500. The number of benzene rings is 1. The zero-order chi connectivity index (χ0) is 13.1. The molecule has 1 heterocycles. The molecule has 18 heavy (non-hydrogen) atoms. The van der Waals surface area contributed by atoms with Crippen LogP contribution in [0.15, 0.2) is 24.3 Å². The molecule has 1 atom stereocenters. The summed E-state index contributed by atoms with van der Waals surface area (Å²) in [4.78, 5) is 13.8. The van der Waals surface area contributed by atoms with Crippen LogP contribution in [0.2, 0.25) is 0 Å². The maximum Gasteiger partial charge on any atom is 0.311 e. The van der Waals surface area contributed by atoms with Crippen LogP contribution in [0.1, 0.15) is 20.3 Å². The van der Waals surface area contributed by atoms with Crippen LogP contribution in [-0.2, 0) is 9.53 Å². The SMILES string of the molecule is CC(C)OC(=O)C1CCN(c2cccc(F)c2)C1. The zero-order valence-corrected chi connectivity index (χ0v) is 10.7. The molecule has 1 saturated heterocycles. The molecule has 3 nitrogen and oxygen atoms in total. The van der Waals surface area contributed by atoms with Gasteiger partial charge in [-0.05, 0) is 38.5 Å². The number of hydrogen-bond acceptors (Lipinski definition) is 3. The van der Waals surface area contributed by atoms with Crippen LogP contribution in [-0.4, -0.2) is 25.2 Å². The third kappa shape index (κ3) is 3.00. The maximum absolute atomic E-state index is 13.1. The van der Waals surface area contributed by atoms with E-state index in [1.165, 1.54) is 12.1 Å². The second kappa shape index (κ2) is 5.38. The lowest BCUT2D eigenvalue weighted by Crippen LogP contribution is -2.25. The van der Waals surface area contributed by atoms with Gasteiger partial charge in [0.2, 0.25) is 0 Å². The maximum atomic E-state index is 13.1. The predicted octanol–water partition coefficient (Wildman–Crippen LogP) is 2.60. The number of carbonyl (C=O) groups excluding carboxylic acids is 1. The minimum atomic E-state index is -0.249. The summed E-state index contributed by atoms with van der Waals surface area (Å²) < 4.78 is 18.3. The first-order chi connectivity index (χ1) is 8.56. The molecule has 0 bridgehead atoms. The average molecular weight is 251 g/mol. The highest BCUT2D eigenvalue weighted by Gasteiger charge is 2.30. The smallest absolute Gasteiger partial charge is 0.311 e. The number of nitrogens with zero attached hydrogens (tertiary/aromatic N) is 1. The molecule has 0 aromatic heterocycles. The molecule has 98 valence electrons. The summed E-state index contributed by atoms with van der Waals surface area (Å²) in [5, 5.41) is 0. The summed E-state index contributed by atoms with van der Waals surface area (Å²) in [7, 11) is 0. The van der Waals surface area contributed by atoms with Crippen LogP contribution in [0.25, 0.3) is 0 Å². The van der Waals surface area contributed by atoms with Gasteiger partial charge in [0.15, 0.2) is 0 Å². The van der Waals surface area contributed by atoms with E-state index < -0.39 is 0 Å². The second-order valence-corrected chi connectivity index (χ2v) is 4.90. The molecular formula is C14H18FNO2. The number of carbonyl (C=O) groups is 1. The highest BCUT2D eigenvalue weighted by Crippen LogP contribution is 2.25. The number of anilines is 1. The van der Waals surface area contributed by atoms with Crippen molar-refractivity contribution in [2.24, 2.45) is 5.92 Å². The van der Waals surface area contributed by atoms with Gasteiger partial charge in [-0.2, -0.15) is 0 Å². The predicted molar refractivity (Wildman–Crippen MR) is 67.9 cm³/mol. The number of rotatable bonds is 3. The molecular weight excluding hydrogens is 233 g/mol. The van der Waals surface area contributed by atoms with E-state index in [-0.39, 0.29) is 23.8 Å². The third-order valence-electron chi connectivity index (χ3n) is 3.05. The van der Waals surface area contributed by atoms with E-state index in [4.69, 9.17) is 4.74 Å². The van der Waals surface area contributed by atoms with E-state index >= 15 is 0 Å². The van der Waals surface area contributed by atoms with E-state index in [1.54, 1.807) is 6.07 Å². The van der Waals surface area contributed by atoms with Gasteiger partial charge < -0.3 is 9.64 Å². The van der Waals surface area contributed by atoms with Crippen molar-refractivity contribution in [3.63, 3.8) is 0 Å². The quantitative estimate of drug-likeness (QED) is 0.773. The van der Waals surface area contributed by atoms with Crippen molar-refractivity contribution in [2.45, 2.75) is 26.4 Å². The van der Waals surface area contributed by atoms with Crippen LogP contribution < -0.4 is 4.90 Å². The van der Waals surface area contributed by atoms with Gasteiger partial charge in [-0.25, -0.2) is 4.39 Å². The summed E-state index contributed by atoms with van der Waals surface area (Å²) in [6.07, 6.45) is 0.683. The summed E-state index contributed by atoms with van der Waals surface area (Å²) in [6, 6.07) is 6.46. The van der Waals surface area contributed by atoms with Crippen molar-refractivity contribution < 1.29 is 13.9 Å².